The number of aromatic nitrogens is 2. The van der Waals surface area contributed by atoms with Crippen LogP contribution >= 0.6 is 11.6 Å². The highest BCUT2D eigenvalue weighted by Crippen LogP contribution is 2.18. The standard InChI is InChI=1S/C9H6ClN2/c10-8-3-1-2-4-9(8)12-6-5-11-7-12/h1-6H. The van der Waals surface area contributed by atoms with Crippen LogP contribution in [0.1, 0.15) is 0 Å². The van der Waals surface area contributed by atoms with Crippen molar-refractivity contribution in [2.24, 2.45) is 0 Å². The number of benzene rings is 1. The Hall–Kier alpha value is -1.28. The van der Waals surface area contributed by atoms with E-state index in [1.54, 1.807) is 17.0 Å². The molecule has 0 unspecified atom stereocenters. The molecule has 0 bridgehead atoms. The molecule has 2 rings (SSSR count). The predicted molar refractivity (Wildman–Crippen MR) is 47.4 cm³/mol. The Morgan fingerprint density at radius 2 is 2.17 bits per heavy atom. The molecule has 0 N–H and O–H groups in total. The molecule has 0 amide bonds. The van der Waals surface area contributed by atoms with Crippen LogP contribution in [-0.2, 0) is 0 Å². The molecule has 0 saturated heterocycles. The summed E-state index contributed by atoms with van der Waals surface area (Å²) in [4.78, 5) is 3.82. The van der Waals surface area contributed by atoms with Crippen molar-refractivity contribution in [1.29, 1.82) is 0 Å². The molecule has 0 spiro atoms. The Kier molecular flexibility index (Phi) is 1.84. The van der Waals surface area contributed by atoms with E-state index >= 15 is 0 Å². The van der Waals surface area contributed by atoms with Gasteiger partial charge in [-0.2, -0.15) is 0 Å². The number of nitrogens with zero attached hydrogens (tertiary/aromatic N) is 2. The second-order valence-electron chi connectivity index (χ2n) is 2.35. The van der Waals surface area contributed by atoms with Gasteiger partial charge in [-0.3, -0.25) is 4.57 Å². The third kappa shape index (κ3) is 1.21. The third-order valence-electron chi connectivity index (χ3n) is 1.57. The van der Waals surface area contributed by atoms with E-state index in [0.717, 1.165) is 5.69 Å². The van der Waals surface area contributed by atoms with Crippen molar-refractivity contribution in [3.05, 3.63) is 48.0 Å². The van der Waals surface area contributed by atoms with Gasteiger partial charge < -0.3 is 0 Å². The van der Waals surface area contributed by atoms with Gasteiger partial charge in [0.25, 0.3) is 0 Å². The van der Waals surface area contributed by atoms with Crippen LogP contribution < -0.4 is 0 Å². The summed E-state index contributed by atoms with van der Waals surface area (Å²) in [6.45, 7) is 0. The number of halogens is 1. The van der Waals surface area contributed by atoms with Crippen LogP contribution in [0.15, 0.2) is 36.7 Å². The highest BCUT2D eigenvalue weighted by Gasteiger charge is 1.99. The number of para-hydroxylation sites is 1. The van der Waals surface area contributed by atoms with Gasteiger partial charge in [-0.05, 0) is 12.1 Å². The van der Waals surface area contributed by atoms with Gasteiger partial charge in [0.1, 0.15) is 0 Å². The van der Waals surface area contributed by atoms with Crippen LogP contribution in [0.2, 0.25) is 5.02 Å². The van der Waals surface area contributed by atoms with Crippen LogP contribution in [0.5, 0.6) is 0 Å². The Bertz CT molecular complexity index is 368. The number of hydrogen-bond acceptors (Lipinski definition) is 1. The second-order valence-corrected chi connectivity index (χ2v) is 2.76. The molecule has 1 heterocycles. The Labute approximate surface area is 75.4 Å². The summed E-state index contributed by atoms with van der Waals surface area (Å²) in [6, 6.07) is 7.57. The van der Waals surface area contributed by atoms with Crippen molar-refractivity contribution in [2.75, 3.05) is 0 Å². The zero-order valence-electron chi connectivity index (χ0n) is 6.24. The molecule has 1 aromatic carbocycles. The molecule has 1 aromatic heterocycles. The SMILES string of the molecule is Clc1ccccc1-n1[c]ncc1. The molecule has 0 aliphatic carbocycles. The fourth-order valence-electron chi connectivity index (χ4n) is 1.01. The van der Waals surface area contributed by atoms with Gasteiger partial charge in [0.05, 0.1) is 10.7 Å². The molecular formula is C9H6ClN2. The van der Waals surface area contributed by atoms with E-state index in [1.807, 2.05) is 24.3 Å². The summed E-state index contributed by atoms with van der Waals surface area (Å²) < 4.78 is 1.75. The molecule has 0 fully saturated rings. The maximum Gasteiger partial charge on any atom is 0.181 e. The number of rotatable bonds is 1. The lowest BCUT2D eigenvalue weighted by Crippen LogP contribution is -1.90. The van der Waals surface area contributed by atoms with Crippen molar-refractivity contribution in [3.8, 4) is 5.69 Å². The maximum absolute atomic E-state index is 5.95. The number of hydrogen-bond donors (Lipinski definition) is 0. The quantitative estimate of drug-likeness (QED) is 0.654. The first-order valence-corrected chi connectivity index (χ1v) is 3.91. The van der Waals surface area contributed by atoms with Crippen LogP contribution in [0.4, 0.5) is 0 Å². The zero-order valence-corrected chi connectivity index (χ0v) is 6.99. The van der Waals surface area contributed by atoms with E-state index in [2.05, 4.69) is 11.3 Å². The van der Waals surface area contributed by atoms with E-state index in [4.69, 9.17) is 11.6 Å². The maximum atomic E-state index is 5.95. The molecular weight excluding hydrogens is 172 g/mol. The minimum absolute atomic E-state index is 0.701. The second kappa shape index (κ2) is 2.99. The first-order valence-electron chi connectivity index (χ1n) is 3.54. The highest BCUT2D eigenvalue weighted by atomic mass is 35.5. The molecule has 2 nitrogen and oxygen atoms in total. The Morgan fingerprint density at radius 1 is 1.33 bits per heavy atom. The minimum Gasteiger partial charge on any atom is -0.296 e. The van der Waals surface area contributed by atoms with Crippen LogP contribution in [0.25, 0.3) is 5.69 Å². The Morgan fingerprint density at radius 3 is 2.83 bits per heavy atom. The smallest absolute Gasteiger partial charge is 0.181 e. The minimum atomic E-state index is 0.701. The van der Waals surface area contributed by atoms with E-state index in [9.17, 15) is 0 Å². The van der Waals surface area contributed by atoms with Crippen molar-refractivity contribution in [3.63, 3.8) is 0 Å². The van der Waals surface area contributed by atoms with Crippen LogP contribution in [-0.4, -0.2) is 9.55 Å². The average Bonchev–Trinajstić information content (AvgIpc) is 2.57. The fourth-order valence-corrected chi connectivity index (χ4v) is 1.24. The molecule has 0 saturated carbocycles. The molecule has 0 atom stereocenters. The lowest BCUT2D eigenvalue weighted by molar-refractivity contribution is 1.04. The molecule has 0 aliphatic heterocycles. The highest BCUT2D eigenvalue weighted by molar-refractivity contribution is 6.32. The van der Waals surface area contributed by atoms with Gasteiger partial charge in [-0.25, -0.2) is 4.98 Å². The lowest BCUT2D eigenvalue weighted by atomic mass is 10.3. The summed E-state index contributed by atoms with van der Waals surface area (Å²) in [5, 5.41) is 0.701. The lowest BCUT2D eigenvalue weighted by Gasteiger charge is -2.01. The first-order chi connectivity index (χ1) is 5.88. The topological polar surface area (TPSA) is 17.8 Å². The summed E-state index contributed by atoms with van der Waals surface area (Å²) >= 11 is 5.95. The van der Waals surface area contributed by atoms with Gasteiger partial charge >= 0.3 is 0 Å². The van der Waals surface area contributed by atoms with E-state index < -0.39 is 0 Å². The molecule has 0 aliphatic rings. The van der Waals surface area contributed by atoms with Gasteiger partial charge in [0.15, 0.2) is 6.33 Å². The van der Waals surface area contributed by atoms with Crippen molar-refractivity contribution in [1.82, 2.24) is 9.55 Å². The van der Waals surface area contributed by atoms with Gasteiger partial charge in [0, 0.05) is 12.4 Å². The van der Waals surface area contributed by atoms with Crippen LogP contribution in [0.3, 0.4) is 0 Å². The normalized spacial score (nSPS) is 10.1. The van der Waals surface area contributed by atoms with E-state index in [1.165, 1.54) is 0 Å². The summed E-state index contributed by atoms with van der Waals surface area (Å²) in [6.07, 6.45) is 6.25. The third-order valence-corrected chi connectivity index (χ3v) is 1.89. The summed E-state index contributed by atoms with van der Waals surface area (Å²) in [7, 11) is 0. The number of imidazole rings is 1. The summed E-state index contributed by atoms with van der Waals surface area (Å²) in [5.74, 6) is 0. The van der Waals surface area contributed by atoms with Crippen LogP contribution in [0, 0.1) is 6.33 Å². The molecule has 3 heteroatoms. The van der Waals surface area contributed by atoms with Crippen molar-refractivity contribution in [2.45, 2.75) is 0 Å². The zero-order chi connectivity index (χ0) is 8.39. The van der Waals surface area contributed by atoms with Gasteiger partial charge in [0.2, 0.25) is 0 Å². The van der Waals surface area contributed by atoms with Gasteiger partial charge in [-0.15, -0.1) is 0 Å². The fraction of sp³-hybridized carbons (Fsp3) is 0. The van der Waals surface area contributed by atoms with Crippen molar-refractivity contribution >= 4 is 11.6 Å². The molecule has 59 valence electrons. The van der Waals surface area contributed by atoms with Gasteiger partial charge in [-0.1, -0.05) is 23.7 Å². The van der Waals surface area contributed by atoms with E-state index in [-0.39, 0.29) is 0 Å². The predicted octanol–water partition coefficient (Wildman–Crippen LogP) is 2.33. The first kappa shape index (κ1) is 7.37. The monoisotopic (exact) mass is 177 g/mol. The molecule has 12 heavy (non-hydrogen) atoms. The Balaban J connectivity index is 2.55. The molecule has 1 radical (unpaired) electrons. The molecule has 2 aromatic rings. The van der Waals surface area contributed by atoms with Crippen molar-refractivity contribution < 1.29 is 0 Å². The van der Waals surface area contributed by atoms with E-state index in [0.29, 0.717) is 5.02 Å². The summed E-state index contributed by atoms with van der Waals surface area (Å²) in [5.41, 5.74) is 0.900. The average molecular weight is 178 g/mol. The largest absolute Gasteiger partial charge is 0.296 e.